The number of sulfonamides is 1. The smallest absolute Gasteiger partial charge is 0.262 e. The Balaban J connectivity index is 2.68. The van der Waals surface area contributed by atoms with Crippen molar-refractivity contribution in [3.8, 4) is 0 Å². The lowest BCUT2D eigenvalue weighted by Crippen LogP contribution is -2.55. The molecule has 0 heterocycles. The number of nitro groups is 2. The molecule has 0 fully saturated rings. The molecule has 1 unspecified atom stereocenters. The molecule has 0 N–H and O–H groups in total. The molecule has 9 nitrogen and oxygen atoms in total. The van der Waals surface area contributed by atoms with E-state index in [-0.39, 0.29) is 11.3 Å². The molecule has 0 aliphatic heterocycles. The summed E-state index contributed by atoms with van der Waals surface area (Å²) in [7, 11) is -4.62. The van der Waals surface area contributed by atoms with Gasteiger partial charge < -0.3 is 0 Å². The van der Waals surface area contributed by atoms with E-state index in [0.29, 0.717) is 0 Å². The summed E-state index contributed by atoms with van der Waals surface area (Å²) in [6.45, 7) is 4.59. The predicted molar refractivity (Wildman–Crippen MR) is 96.2 cm³/mol. The zero-order valence-electron chi connectivity index (χ0n) is 14.5. The van der Waals surface area contributed by atoms with Crippen LogP contribution in [0.1, 0.15) is 27.2 Å². The van der Waals surface area contributed by atoms with E-state index in [1.165, 1.54) is 19.1 Å². The molecular formula is C16H19N3O6S. The van der Waals surface area contributed by atoms with Gasteiger partial charge in [0.2, 0.25) is 0 Å². The highest BCUT2D eigenvalue weighted by Gasteiger charge is 2.61. The highest BCUT2D eigenvalue weighted by molar-refractivity contribution is 7.94. The summed E-state index contributed by atoms with van der Waals surface area (Å²) in [5.41, 5.74) is -0.0333. The Morgan fingerprint density at radius 1 is 1.15 bits per heavy atom. The van der Waals surface area contributed by atoms with Crippen molar-refractivity contribution in [2.45, 2.75) is 38.1 Å². The van der Waals surface area contributed by atoms with Gasteiger partial charge in [-0.1, -0.05) is 18.2 Å². The molecule has 140 valence electrons. The van der Waals surface area contributed by atoms with Crippen molar-refractivity contribution in [1.29, 1.82) is 0 Å². The zero-order valence-corrected chi connectivity index (χ0v) is 15.3. The third-order valence-electron chi connectivity index (χ3n) is 4.18. The number of allylic oxidation sites excluding steroid dienone is 2. The summed E-state index contributed by atoms with van der Waals surface area (Å²) in [6.07, 6.45) is 1.22. The van der Waals surface area contributed by atoms with Crippen LogP contribution in [0.25, 0.3) is 0 Å². The van der Waals surface area contributed by atoms with E-state index < -0.39 is 42.9 Å². The van der Waals surface area contributed by atoms with E-state index >= 15 is 0 Å². The van der Waals surface area contributed by atoms with Crippen molar-refractivity contribution in [1.82, 2.24) is 0 Å². The van der Waals surface area contributed by atoms with Gasteiger partial charge in [0.05, 0.1) is 10.6 Å². The molecule has 2 rings (SSSR count). The first-order valence-electron chi connectivity index (χ1n) is 7.81. The normalized spacial score (nSPS) is 20.3. The minimum atomic E-state index is -4.62. The topological polar surface area (TPSA) is 124 Å². The van der Waals surface area contributed by atoms with Crippen LogP contribution < -0.4 is 4.31 Å². The van der Waals surface area contributed by atoms with Gasteiger partial charge in [0.15, 0.2) is 0 Å². The van der Waals surface area contributed by atoms with E-state index in [2.05, 4.69) is 0 Å². The second-order valence-corrected chi connectivity index (χ2v) is 8.28. The molecule has 1 aliphatic rings. The Kier molecular flexibility index (Phi) is 5.17. The first-order chi connectivity index (χ1) is 12.0. The van der Waals surface area contributed by atoms with Gasteiger partial charge in [-0.25, -0.2) is 0 Å². The Hall–Kier alpha value is -2.75. The maximum Gasteiger partial charge on any atom is 0.365 e. The first-order valence-corrected chi connectivity index (χ1v) is 9.25. The monoisotopic (exact) mass is 381 g/mol. The molecule has 0 bridgehead atoms. The van der Waals surface area contributed by atoms with Gasteiger partial charge in [-0.15, -0.1) is 0 Å². The van der Waals surface area contributed by atoms with Crippen molar-refractivity contribution in [3.63, 3.8) is 0 Å². The van der Waals surface area contributed by atoms with Crippen LogP contribution in [0, 0.1) is 20.2 Å². The standard InChI is InChI=1S/C16H19N3O6S/c1-12(2)17(14-7-5-4-6-8-14)26(24,25)16(19(22)23)10-9-13(3)15(11-16)18(20)21/h4-10,12H,11H2,1-3H3. The number of benzene rings is 1. The molecule has 0 aromatic heterocycles. The molecule has 0 saturated heterocycles. The van der Waals surface area contributed by atoms with Crippen LogP contribution in [0.3, 0.4) is 0 Å². The highest BCUT2D eigenvalue weighted by atomic mass is 32.2. The summed E-state index contributed by atoms with van der Waals surface area (Å²) >= 11 is 0. The van der Waals surface area contributed by atoms with Crippen molar-refractivity contribution in [2.24, 2.45) is 0 Å². The second kappa shape index (κ2) is 6.87. The van der Waals surface area contributed by atoms with Crippen molar-refractivity contribution < 1.29 is 18.3 Å². The van der Waals surface area contributed by atoms with Gasteiger partial charge in [0.1, 0.15) is 6.42 Å². The molecular weight excluding hydrogens is 362 g/mol. The van der Waals surface area contributed by atoms with Gasteiger partial charge in [0, 0.05) is 22.6 Å². The lowest BCUT2D eigenvalue weighted by Gasteiger charge is -2.34. The van der Waals surface area contributed by atoms with Crippen LogP contribution in [-0.2, 0) is 10.0 Å². The fourth-order valence-electron chi connectivity index (χ4n) is 2.85. The van der Waals surface area contributed by atoms with Crippen molar-refractivity contribution in [3.05, 3.63) is 74.0 Å². The van der Waals surface area contributed by atoms with Crippen LogP contribution in [0.15, 0.2) is 53.8 Å². The number of anilines is 1. The molecule has 1 aliphatic carbocycles. The Morgan fingerprint density at radius 3 is 2.19 bits per heavy atom. The van der Waals surface area contributed by atoms with Crippen LogP contribution in [-0.4, -0.2) is 29.2 Å². The fourth-order valence-corrected chi connectivity index (χ4v) is 4.90. The summed E-state index contributed by atoms with van der Waals surface area (Å²) < 4.78 is 27.7. The van der Waals surface area contributed by atoms with E-state index in [1.54, 1.807) is 32.0 Å². The molecule has 26 heavy (non-hydrogen) atoms. The fraction of sp³-hybridized carbons (Fsp3) is 0.375. The largest absolute Gasteiger partial charge is 0.365 e. The van der Waals surface area contributed by atoms with Gasteiger partial charge >= 0.3 is 14.9 Å². The number of hydrogen-bond acceptors (Lipinski definition) is 6. The quantitative estimate of drug-likeness (QED) is 0.551. The van der Waals surface area contributed by atoms with Crippen LogP contribution in [0.4, 0.5) is 5.69 Å². The maximum absolute atomic E-state index is 13.4. The Bertz CT molecular complexity index is 892. The summed E-state index contributed by atoms with van der Waals surface area (Å²) in [4.78, 5) is 18.7. The molecule has 1 aromatic rings. The molecule has 10 heteroatoms. The molecule has 1 atom stereocenters. The second-order valence-electron chi connectivity index (χ2n) is 6.23. The van der Waals surface area contributed by atoms with E-state index in [1.807, 2.05) is 0 Å². The van der Waals surface area contributed by atoms with Crippen LogP contribution >= 0.6 is 0 Å². The number of nitrogens with zero attached hydrogens (tertiary/aromatic N) is 3. The third-order valence-corrected chi connectivity index (χ3v) is 6.66. The molecule has 0 saturated carbocycles. The minimum Gasteiger partial charge on any atom is -0.262 e. The number of rotatable bonds is 6. The molecule has 0 radical (unpaired) electrons. The average molecular weight is 381 g/mol. The van der Waals surface area contributed by atoms with Gasteiger partial charge in [0.25, 0.3) is 5.70 Å². The number of para-hydroxylation sites is 1. The molecule has 1 aromatic carbocycles. The first kappa shape index (κ1) is 19.6. The van der Waals surface area contributed by atoms with Crippen molar-refractivity contribution >= 4 is 15.7 Å². The summed E-state index contributed by atoms with van der Waals surface area (Å²) in [6, 6.07) is 7.33. The number of hydrogen-bond donors (Lipinski definition) is 0. The predicted octanol–water partition coefficient (Wildman–Crippen LogP) is 2.71. The SMILES string of the molecule is CC1=C([N+](=O)[O-])CC([N+](=O)[O-])(S(=O)(=O)N(c2ccccc2)C(C)C)C=C1. The Labute approximate surface area is 151 Å². The van der Waals surface area contributed by atoms with Gasteiger partial charge in [-0.05, 0) is 39.0 Å². The van der Waals surface area contributed by atoms with E-state index in [9.17, 15) is 28.6 Å². The summed E-state index contributed by atoms with van der Waals surface area (Å²) in [5.74, 6) is 0. The zero-order chi connectivity index (χ0) is 19.7. The Morgan fingerprint density at radius 2 is 1.73 bits per heavy atom. The van der Waals surface area contributed by atoms with Crippen LogP contribution in [0.2, 0.25) is 0 Å². The maximum atomic E-state index is 13.4. The van der Waals surface area contributed by atoms with Gasteiger partial charge in [-0.2, -0.15) is 8.42 Å². The summed E-state index contributed by atoms with van der Waals surface area (Å²) in [5, 5.41) is 23.1. The lowest BCUT2D eigenvalue weighted by atomic mass is 10.0. The third kappa shape index (κ3) is 3.07. The van der Waals surface area contributed by atoms with E-state index in [0.717, 1.165) is 16.5 Å². The lowest BCUT2D eigenvalue weighted by molar-refractivity contribution is -0.534. The van der Waals surface area contributed by atoms with Crippen molar-refractivity contribution in [2.75, 3.05) is 4.31 Å². The van der Waals surface area contributed by atoms with Crippen LogP contribution in [0.5, 0.6) is 0 Å². The highest BCUT2D eigenvalue weighted by Crippen LogP contribution is 2.38. The average Bonchev–Trinajstić information content (AvgIpc) is 2.55. The van der Waals surface area contributed by atoms with E-state index in [4.69, 9.17) is 0 Å². The molecule has 0 amide bonds. The van der Waals surface area contributed by atoms with Gasteiger partial charge in [-0.3, -0.25) is 24.5 Å². The molecule has 0 spiro atoms. The minimum absolute atomic E-state index is 0.193.